The highest BCUT2D eigenvalue weighted by Crippen LogP contribution is 2.17. The van der Waals surface area contributed by atoms with E-state index in [2.05, 4.69) is 4.98 Å². The summed E-state index contributed by atoms with van der Waals surface area (Å²) in [4.78, 5) is 14.9. The van der Waals surface area contributed by atoms with Crippen molar-refractivity contribution < 1.29 is 9.90 Å². The standard InChI is InChI=1S/C9H16N4O2/c10-4-2-1-3-9(11,8(14)15)13-6-5-12-7-13/h5-7H,1-4,10-11H2,(H,14,15)/t9-/m1/s1. The first-order valence-corrected chi connectivity index (χ1v) is 4.82. The first-order chi connectivity index (χ1) is 7.11. The summed E-state index contributed by atoms with van der Waals surface area (Å²) < 4.78 is 1.41. The van der Waals surface area contributed by atoms with Crippen molar-refractivity contribution >= 4 is 5.97 Å². The lowest BCUT2D eigenvalue weighted by atomic mass is 10.0. The lowest BCUT2D eigenvalue weighted by molar-refractivity contribution is -0.147. The van der Waals surface area contributed by atoms with Crippen LogP contribution in [0.3, 0.4) is 0 Å². The second-order valence-electron chi connectivity index (χ2n) is 3.45. The Balaban J connectivity index is 2.75. The lowest BCUT2D eigenvalue weighted by Crippen LogP contribution is -2.49. The van der Waals surface area contributed by atoms with Gasteiger partial charge in [0.1, 0.15) is 0 Å². The van der Waals surface area contributed by atoms with Gasteiger partial charge < -0.3 is 15.4 Å². The van der Waals surface area contributed by atoms with E-state index in [0.29, 0.717) is 19.4 Å². The van der Waals surface area contributed by atoms with Crippen molar-refractivity contribution in [3.8, 4) is 0 Å². The molecule has 0 aliphatic heterocycles. The van der Waals surface area contributed by atoms with Gasteiger partial charge in [0, 0.05) is 12.4 Å². The predicted molar refractivity (Wildman–Crippen MR) is 54.9 cm³/mol. The van der Waals surface area contributed by atoms with Crippen LogP contribution in [0.25, 0.3) is 0 Å². The first-order valence-electron chi connectivity index (χ1n) is 4.82. The molecule has 0 aliphatic carbocycles. The third-order valence-electron chi connectivity index (χ3n) is 2.35. The molecule has 0 unspecified atom stereocenters. The van der Waals surface area contributed by atoms with Crippen LogP contribution in [0.15, 0.2) is 18.7 Å². The average Bonchev–Trinajstić information content (AvgIpc) is 2.70. The zero-order valence-electron chi connectivity index (χ0n) is 8.47. The molecule has 0 fully saturated rings. The molecule has 6 heteroatoms. The zero-order chi connectivity index (χ0) is 11.3. The molecule has 0 saturated carbocycles. The van der Waals surface area contributed by atoms with Crippen molar-refractivity contribution in [2.24, 2.45) is 11.5 Å². The van der Waals surface area contributed by atoms with Gasteiger partial charge in [0.2, 0.25) is 0 Å². The Morgan fingerprint density at radius 2 is 2.27 bits per heavy atom. The number of nitrogens with two attached hydrogens (primary N) is 2. The molecule has 0 spiro atoms. The summed E-state index contributed by atoms with van der Waals surface area (Å²) >= 11 is 0. The summed E-state index contributed by atoms with van der Waals surface area (Å²) in [6.07, 6.45) is 6.26. The van der Waals surface area contributed by atoms with E-state index in [1.54, 1.807) is 6.20 Å². The molecule has 0 amide bonds. The van der Waals surface area contributed by atoms with Gasteiger partial charge in [-0.2, -0.15) is 0 Å². The normalized spacial score (nSPS) is 14.8. The molecule has 0 saturated heterocycles. The fourth-order valence-corrected chi connectivity index (χ4v) is 1.38. The smallest absolute Gasteiger partial charge is 0.344 e. The number of unbranched alkanes of at least 4 members (excludes halogenated alkanes) is 1. The Hall–Kier alpha value is -1.40. The van der Waals surface area contributed by atoms with Crippen LogP contribution >= 0.6 is 0 Å². The van der Waals surface area contributed by atoms with E-state index in [4.69, 9.17) is 16.6 Å². The van der Waals surface area contributed by atoms with Crippen LogP contribution in [0.4, 0.5) is 0 Å². The summed E-state index contributed by atoms with van der Waals surface area (Å²) in [5, 5.41) is 9.10. The van der Waals surface area contributed by atoms with Gasteiger partial charge in [0.15, 0.2) is 5.66 Å². The van der Waals surface area contributed by atoms with Gasteiger partial charge in [-0.05, 0) is 25.8 Å². The van der Waals surface area contributed by atoms with Crippen LogP contribution < -0.4 is 11.5 Å². The van der Waals surface area contributed by atoms with E-state index < -0.39 is 11.6 Å². The summed E-state index contributed by atoms with van der Waals surface area (Å²) in [5.74, 6) is -1.06. The molecule has 1 aromatic heterocycles. The fraction of sp³-hybridized carbons (Fsp3) is 0.556. The van der Waals surface area contributed by atoms with E-state index in [0.717, 1.165) is 6.42 Å². The van der Waals surface area contributed by atoms with Crippen molar-refractivity contribution in [1.82, 2.24) is 9.55 Å². The number of carboxylic acids is 1. The number of hydrogen-bond donors (Lipinski definition) is 3. The largest absolute Gasteiger partial charge is 0.478 e. The SMILES string of the molecule is NCCCC[C@](N)(C(=O)O)n1ccnc1. The minimum Gasteiger partial charge on any atom is -0.478 e. The number of aliphatic carboxylic acids is 1. The molecule has 1 heterocycles. The monoisotopic (exact) mass is 212 g/mol. The van der Waals surface area contributed by atoms with Gasteiger partial charge >= 0.3 is 5.97 Å². The van der Waals surface area contributed by atoms with Crippen LogP contribution in [0.2, 0.25) is 0 Å². The Kier molecular flexibility index (Phi) is 3.81. The molecule has 5 N–H and O–H groups in total. The van der Waals surface area contributed by atoms with Gasteiger partial charge in [-0.15, -0.1) is 0 Å². The highest BCUT2D eigenvalue weighted by Gasteiger charge is 2.34. The molecule has 0 bridgehead atoms. The van der Waals surface area contributed by atoms with Crippen LogP contribution in [0.5, 0.6) is 0 Å². The number of aromatic nitrogens is 2. The van der Waals surface area contributed by atoms with Gasteiger partial charge in [0.25, 0.3) is 0 Å². The maximum Gasteiger partial charge on any atom is 0.344 e. The number of hydrogen-bond acceptors (Lipinski definition) is 4. The summed E-state index contributed by atoms with van der Waals surface area (Å²) in [7, 11) is 0. The molecular weight excluding hydrogens is 196 g/mol. The maximum absolute atomic E-state index is 11.1. The second kappa shape index (κ2) is 4.90. The van der Waals surface area contributed by atoms with Crippen LogP contribution in [-0.2, 0) is 10.5 Å². The lowest BCUT2D eigenvalue weighted by Gasteiger charge is -2.25. The van der Waals surface area contributed by atoms with E-state index in [-0.39, 0.29) is 0 Å². The molecule has 6 nitrogen and oxygen atoms in total. The fourth-order valence-electron chi connectivity index (χ4n) is 1.38. The van der Waals surface area contributed by atoms with Gasteiger partial charge in [0.05, 0.1) is 6.33 Å². The Bertz CT molecular complexity index is 312. The Labute approximate surface area is 87.9 Å². The highest BCUT2D eigenvalue weighted by atomic mass is 16.4. The summed E-state index contributed by atoms with van der Waals surface area (Å²) in [6.45, 7) is 0.541. The average molecular weight is 212 g/mol. The van der Waals surface area contributed by atoms with Crippen molar-refractivity contribution in [1.29, 1.82) is 0 Å². The molecule has 0 aromatic carbocycles. The van der Waals surface area contributed by atoms with Crippen molar-refractivity contribution in [3.05, 3.63) is 18.7 Å². The van der Waals surface area contributed by atoms with E-state index in [9.17, 15) is 4.79 Å². The molecule has 0 radical (unpaired) electrons. The number of nitrogens with zero attached hydrogens (tertiary/aromatic N) is 2. The van der Waals surface area contributed by atoms with Crippen LogP contribution in [0.1, 0.15) is 19.3 Å². The predicted octanol–water partition coefficient (Wildman–Crippen LogP) is -0.292. The van der Waals surface area contributed by atoms with Crippen molar-refractivity contribution in [2.45, 2.75) is 24.9 Å². The maximum atomic E-state index is 11.1. The quantitative estimate of drug-likeness (QED) is 0.561. The molecule has 84 valence electrons. The van der Waals surface area contributed by atoms with Crippen LogP contribution in [0, 0.1) is 0 Å². The van der Waals surface area contributed by atoms with Gasteiger partial charge in [-0.25, -0.2) is 9.78 Å². The number of carboxylic acid groups (broad SMARTS) is 1. The third kappa shape index (κ3) is 2.54. The molecule has 1 atom stereocenters. The van der Waals surface area contributed by atoms with E-state index in [1.165, 1.54) is 17.1 Å². The van der Waals surface area contributed by atoms with Crippen molar-refractivity contribution in [3.63, 3.8) is 0 Å². The Morgan fingerprint density at radius 1 is 1.53 bits per heavy atom. The topological polar surface area (TPSA) is 107 Å². The van der Waals surface area contributed by atoms with Crippen molar-refractivity contribution in [2.75, 3.05) is 6.54 Å². The molecule has 15 heavy (non-hydrogen) atoms. The summed E-state index contributed by atoms with van der Waals surface area (Å²) in [5.41, 5.74) is 9.76. The minimum absolute atomic E-state index is 0.343. The highest BCUT2D eigenvalue weighted by molar-refractivity contribution is 5.75. The first kappa shape index (κ1) is 11.7. The minimum atomic E-state index is -1.41. The Morgan fingerprint density at radius 3 is 2.73 bits per heavy atom. The van der Waals surface area contributed by atoms with Crippen LogP contribution in [-0.4, -0.2) is 27.2 Å². The van der Waals surface area contributed by atoms with Gasteiger partial charge in [-0.3, -0.25) is 5.73 Å². The number of rotatable bonds is 6. The molecule has 1 aromatic rings. The second-order valence-corrected chi connectivity index (χ2v) is 3.45. The number of carbonyl (C=O) groups is 1. The third-order valence-corrected chi connectivity index (χ3v) is 2.35. The summed E-state index contributed by atoms with van der Waals surface area (Å²) in [6, 6.07) is 0. The van der Waals surface area contributed by atoms with E-state index >= 15 is 0 Å². The molecule has 1 rings (SSSR count). The zero-order valence-corrected chi connectivity index (χ0v) is 8.47. The molecule has 0 aliphatic rings. The molecular formula is C9H16N4O2. The number of imidazole rings is 1. The van der Waals surface area contributed by atoms with Gasteiger partial charge in [-0.1, -0.05) is 0 Å². The van der Waals surface area contributed by atoms with E-state index in [1.807, 2.05) is 0 Å².